The molecule has 1 saturated heterocycles. The van der Waals surface area contributed by atoms with E-state index in [1.54, 1.807) is 11.3 Å². The van der Waals surface area contributed by atoms with Gasteiger partial charge >= 0.3 is 0 Å². The van der Waals surface area contributed by atoms with Gasteiger partial charge in [-0.15, -0.1) is 11.3 Å². The Hall–Kier alpha value is -0.870. The van der Waals surface area contributed by atoms with Crippen LogP contribution in [0.25, 0.3) is 0 Å². The fourth-order valence-electron chi connectivity index (χ4n) is 1.72. The maximum atomic E-state index is 11.9. The van der Waals surface area contributed by atoms with Crippen molar-refractivity contribution in [2.24, 2.45) is 5.73 Å². The number of nitrogens with zero attached hydrogens (tertiary/aromatic N) is 1. The molecule has 1 amide bonds. The zero-order valence-corrected chi connectivity index (χ0v) is 8.80. The van der Waals surface area contributed by atoms with E-state index >= 15 is 0 Å². The van der Waals surface area contributed by atoms with Crippen LogP contribution in [0.4, 0.5) is 0 Å². The van der Waals surface area contributed by atoms with Gasteiger partial charge < -0.3 is 10.6 Å². The molecule has 0 spiro atoms. The summed E-state index contributed by atoms with van der Waals surface area (Å²) in [6, 6.07) is 3.40. The third-order valence-corrected chi connectivity index (χ3v) is 3.49. The van der Waals surface area contributed by atoms with E-state index in [-0.39, 0.29) is 5.91 Å². The molecule has 4 heteroatoms. The Morgan fingerprint density at radius 2 is 2.21 bits per heavy atom. The molecular formula is C10H14N2OS. The van der Waals surface area contributed by atoms with E-state index in [2.05, 4.69) is 0 Å². The summed E-state index contributed by atoms with van der Waals surface area (Å²) in [7, 11) is 0. The number of hydrogen-bond acceptors (Lipinski definition) is 3. The Bertz CT molecular complexity index is 304. The van der Waals surface area contributed by atoms with Gasteiger partial charge in [-0.05, 0) is 24.3 Å². The Labute approximate surface area is 87.5 Å². The van der Waals surface area contributed by atoms with E-state index in [0.717, 1.165) is 30.8 Å². The van der Waals surface area contributed by atoms with Crippen LogP contribution in [0.1, 0.15) is 23.8 Å². The second-order valence-corrected chi connectivity index (χ2v) is 4.50. The predicted octanol–water partition coefficient (Wildman–Crippen LogP) is 1.37. The van der Waals surface area contributed by atoms with Crippen LogP contribution in [0.5, 0.6) is 0 Å². The molecule has 0 aliphatic carbocycles. The number of hydrogen-bond donors (Lipinski definition) is 1. The number of amides is 1. The van der Waals surface area contributed by atoms with Crippen molar-refractivity contribution in [2.75, 3.05) is 13.1 Å². The van der Waals surface area contributed by atoms with Gasteiger partial charge in [0.15, 0.2) is 0 Å². The second-order valence-electron chi connectivity index (χ2n) is 3.53. The summed E-state index contributed by atoms with van der Waals surface area (Å²) in [4.78, 5) is 14.7. The van der Waals surface area contributed by atoms with E-state index in [4.69, 9.17) is 5.73 Å². The highest BCUT2D eigenvalue weighted by Crippen LogP contribution is 2.20. The van der Waals surface area contributed by atoms with Crippen LogP contribution >= 0.6 is 11.3 Å². The fourth-order valence-corrected chi connectivity index (χ4v) is 2.44. The first-order chi connectivity index (χ1) is 6.79. The van der Waals surface area contributed by atoms with Gasteiger partial charge in [0, 0.05) is 18.0 Å². The zero-order valence-electron chi connectivity index (χ0n) is 7.98. The molecule has 1 aromatic rings. The molecule has 0 bridgehead atoms. The molecule has 2 heterocycles. The highest BCUT2D eigenvalue weighted by molar-refractivity contribution is 7.10. The van der Waals surface area contributed by atoms with Gasteiger partial charge in [0.1, 0.15) is 6.04 Å². The van der Waals surface area contributed by atoms with Crippen LogP contribution in [0, 0.1) is 0 Å². The van der Waals surface area contributed by atoms with Crippen molar-refractivity contribution in [1.29, 1.82) is 0 Å². The number of likely N-dealkylation sites (tertiary alicyclic amines) is 1. The minimum Gasteiger partial charge on any atom is -0.341 e. The lowest BCUT2D eigenvalue weighted by atomic mass is 10.2. The molecule has 0 saturated carbocycles. The molecule has 1 aromatic heterocycles. The van der Waals surface area contributed by atoms with Crippen LogP contribution < -0.4 is 5.73 Å². The molecule has 1 unspecified atom stereocenters. The maximum absolute atomic E-state index is 11.9. The van der Waals surface area contributed by atoms with Gasteiger partial charge in [0.05, 0.1) is 0 Å². The third kappa shape index (κ3) is 1.81. The minimum absolute atomic E-state index is 0.0740. The smallest absolute Gasteiger partial charge is 0.244 e. The van der Waals surface area contributed by atoms with Gasteiger partial charge in [-0.1, -0.05) is 6.07 Å². The Morgan fingerprint density at radius 1 is 1.50 bits per heavy atom. The van der Waals surface area contributed by atoms with Crippen molar-refractivity contribution in [3.8, 4) is 0 Å². The lowest BCUT2D eigenvalue weighted by Crippen LogP contribution is -2.36. The number of thiophene rings is 1. The zero-order chi connectivity index (χ0) is 9.97. The molecule has 0 aromatic carbocycles. The van der Waals surface area contributed by atoms with Crippen molar-refractivity contribution in [2.45, 2.75) is 18.9 Å². The van der Waals surface area contributed by atoms with Crippen LogP contribution in [0.2, 0.25) is 0 Å². The molecule has 3 nitrogen and oxygen atoms in total. The van der Waals surface area contributed by atoms with Gasteiger partial charge in [-0.25, -0.2) is 0 Å². The molecule has 2 N–H and O–H groups in total. The second kappa shape index (κ2) is 4.11. The SMILES string of the molecule is NC(C(=O)N1CCCC1)c1cccs1. The highest BCUT2D eigenvalue weighted by atomic mass is 32.1. The summed E-state index contributed by atoms with van der Waals surface area (Å²) in [6.45, 7) is 1.75. The first-order valence-electron chi connectivity index (χ1n) is 4.87. The molecule has 0 radical (unpaired) electrons. The summed E-state index contributed by atoms with van der Waals surface area (Å²) < 4.78 is 0. The summed E-state index contributed by atoms with van der Waals surface area (Å²) in [5, 5.41) is 1.95. The van der Waals surface area contributed by atoms with Crippen LogP contribution in [0.15, 0.2) is 17.5 Å². The Morgan fingerprint density at radius 3 is 2.79 bits per heavy atom. The van der Waals surface area contributed by atoms with Crippen molar-refractivity contribution in [3.63, 3.8) is 0 Å². The number of rotatable bonds is 2. The Kier molecular flexibility index (Phi) is 2.84. The number of carbonyl (C=O) groups excluding carboxylic acids is 1. The summed E-state index contributed by atoms with van der Waals surface area (Å²) in [5.74, 6) is 0.0740. The van der Waals surface area contributed by atoms with Crippen LogP contribution in [-0.2, 0) is 4.79 Å². The fraction of sp³-hybridized carbons (Fsp3) is 0.500. The van der Waals surface area contributed by atoms with Crippen LogP contribution in [-0.4, -0.2) is 23.9 Å². The first kappa shape index (κ1) is 9.68. The van der Waals surface area contributed by atoms with E-state index in [1.807, 2.05) is 22.4 Å². The first-order valence-corrected chi connectivity index (χ1v) is 5.75. The standard InChI is InChI=1S/C10H14N2OS/c11-9(8-4-3-7-14-8)10(13)12-5-1-2-6-12/h3-4,7,9H,1-2,5-6,11H2. The van der Waals surface area contributed by atoms with Crippen molar-refractivity contribution in [1.82, 2.24) is 4.90 Å². The third-order valence-electron chi connectivity index (χ3n) is 2.53. The van der Waals surface area contributed by atoms with Crippen molar-refractivity contribution in [3.05, 3.63) is 22.4 Å². The summed E-state index contributed by atoms with van der Waals surface area (Å²) in [5.41, 5.74) is 5.88. The molecule has 1 aliphatic heterocycles. The lowest BCUT2D eigenvalue weighted by molar-refractivity contribution is -0.131. The van der Waals surface area contributed by atoms with Gasteiger partial charge in [0.2, 0.25) is 5.91 Å². The molecular weight excluding hydrogens is 196 g/mol. The van der Waals surface area contributed by atoms with E-state index < -0.39 is 6.04 Å². The van der Waals surface area contributed by atoms with Crippen molar-refractivity contribution < 1.29 is 4.79 Å². The predicted molar refractivity (Wildman–Crippen MR) is 57.1 cm³/mol. The molecule has 14 heavy (non-hydrogen) atoms. The quantitative estimate of drug-likeness (QED) is 0.801. The molecule has 2 rings (SSSR count). The van der Waals surface area contributed by atoms with E-state index in [0.29, 0.717) is 0 Å². The molecule has 76 valence electrons. The average Bonchev–Trinajstić information content (AvgIpc) is 2.87. The van der Waals surface area contributed by atoms with Crippen molar-refractivity contribution >= 4 is 17.2 Å². The van der Waals surface area contributed by atoms with E-state index in [1.165, 1.54) is 0 Å². The van der Waals surface area contributed by atoms with Gasteiger partial charge in [-0.2, -0.15) is 0 Å². The maximum Gasteiger partial charge on any atom is 0.244 e. The number of carbonyl (C=O) groups is 1. The Balaban J connectivity index is 2.04. The summed E-state index contributed by atoms with van der Waals surface area (Å²) >= 11 is 1.55. The topological polar surface area (TPSA) is 46.3 Å². The molecule has 1 aliphatic rings. The average molecular weight is 210 g/mol. The minimum atomic E-state index is -0.451. The molecule has 1 fully saturated rings. The highest BCUT2D eigenvalue weighted by Gasteiger charge is 2.24. The van der Waals surface area contributed by atoms with E-state index in [9.17, 15) is 4.79 Å². The lowest BCUT2D eigenvalue weighted by Gasteiger charge is -2.19. The van der Waals surface area contributed by atoms with Gasteiger partial charge in [0.25, 0.3) is 0 Å². The summed E-state index contributed by atoms with van der Waals surface area (Å²) in [6.07, 6.45) is 2.23. The normalized spacial score (nSPS) is 18.5. The number of nitrogens with two attached hydrogens (primary N) is 1. The van der Waals surface area contributed by atoms with Gasteiger partial charge in [-0.3, -0.25) is 4.79 Å². The largest absolute Gasteiger partial charge is 0.341 e. The van der Waals surface area contributed by atoms with Crippen LogP contribution in [0.3, 0.4) is 0 Å². The molecule has 1 atom stereocenters. The monoisotopic (exact) mass is 210 g/mol.